The van der Waals surface area contributed by atoms with E-state index in [0.29, 0.717) is 31.6 Å². The fourth-order valence-corrected chi connectivity index (χ4v) is 14.6. The van der Waals surface area contributed by atoms with Crippen molar-refractivity contribution in [3.8, 4) is 0 Å². The van der Waals surface area contributed by atoms with E-state index < -0.39 is 97.5 Å². The number of esters is 4. The van der Waals surface area contributed by atoms with Gasteiger partial charge in [0.05, 0.1) is 26.4 Å². The summed E-state index contributed by atoms with van der Waals surface area (Å²) in [5.41, 5.74) is 0. The van der Waals surface area contributed by atoms with E-state index in [1.807, 2.05) is 0 Å². The van der Waals surface area contributed by atoms with Crippen molar-refractivity contribution in [1.82, 2.24) is 0 Å². The van der Waals surface area contributed by atoms with Crippen molar-refractivity contribution in [1.29, 1.82) is 0 Å². The lowest BCUT2D eigenvalue weighted by atomic mass is 10.0. The third-order valence-electron chi connectivity index (χ3n) is 19.7. The van der Waals surface area contributed by atoms with E-state index in [2.05, 4.69) is 41.5 Å². The molecule has 17 nitrogen and oxygen atoms in total. The number of carbonyl (C=O) groups is 4. The van der Waals surface area contributed by atoms with Gasteiger partial charge in [0.15, 0.2) is 12.2 Å². The van der Waals surface area contributed by atoms with Crippen molar-refractivity contribution in [2.24, 2.45) is 11.8 Å². The fraction of sp³-hybridized carbons (Fsp3) is 0.952. The molecule has 2 unspecified atom stereocenters. The van der Waals surface area contributed by atoms with Crippen LogP contribution in [0.5, 0.6) is 0 Å². The molecule has 0 aliphatic rings. The first-order valence-electron chi connectivity index (χ1n) is 43.5. The number of hydrogen-bond acceptors (Lipinski definition) is 15. The number of unbranched alkanes of at least 4 members (excludes halogenated alkanes) is 53. The molecule has 0 saturated heterocycles. The molecular formula is C84H164O17P2. The number of phosphoric acid groups is 2. The highest BCUT2D eigenvalue weighted by atomic mass is 31.2. The molecule has 0 saturated carbocycles. The second-order valence-corrected chi connectivity index (χ2v) is 34.1. The molecule has 0 bridgehead atoms. The largest absolute Gasteiger partial charge is 0.472 e. The number of ether oxygens (including phenoxy) is 4. The molecule has 0 aliphatic heterocycles. The summed E-state index contributed by atoms with van der Waals surface area (Å²) in [6.07, 6.45) is 66.7. The Morgan fingerprint density at radius 1 is 0.262 bits per heavy atom. The second-order valence-electron chi connectivity index (χ2n) is 31.2. The van der Waals surface area contributed by atoms with Crippen LogP contribution < -0.4 is 0 Å². The topological polar surface area (TPSA) is 237 Å². The summed E-state index contributed by atoms with van der Waals surface area (Å²) in [4.78, 5) is 73.1. The molecule has 3 N–H and O–H groups in total. The SMILES string of the molecule is CCCCCCCCCCCCCCCCCCCCC(=O)OC[C@H](COP(=O)(O)OC[C@@H](O)COP(=O)(O)OC[C@@H](COC(=O)CCCCCCCCCC(C)C)OC(=O)CCCCCCCCCCCCCCCCCCC)OC(=O)CCCCCCCCCCCCCCCCCC(C)C. The highest BCUT2D eigenvalue weighted by Gasteiger charge is 2.30. The van der Waals surface area contributed by atoms with Crippen molar-refractivity contribution in [2.45, 2.75) is 464 Å². The van der Waals surface area contributed by atoms with Gasteiger partial charge >= 0.3 is 39.5 Å². The molecule has 5 atom stereocenters. The minimum Gasteiger partial charge on any atom is -0.462 e. The number of carbonyl (C=O) groups excluding carboxylic acids is 4. The zero-order chi connectivity index (χ0) is 75.6. The predicted octanol–water partition coefficient (Wildman–Crippen LogP) is 25.5. The lowest BCUT2D eigenvalue weighted by Gasteiger charge is -2.21. The molecule has 0 radical (unpaired) electrons. The summed E-state index contributed by atoms with van der Waals surface area (Å²) in [5, 5.41) is 10.7. The Hall–Kier alpha value is -1.94. The Bertz CT molecular complexity index is 1980. The smallest absolute Gasteiger partial charge is 0.462 e. The van der Waals surface area contributed by atoms with Crippen LogP contribution in [0.15, 0.2) is 0 Å². The first-order chi connectivity index (χ1) is 49.9. The van der Waals surface area contributed by atoms with E-state index >= 15 is 0 Å². The number of phosphoric ester groups is 2. The summed E-state index contributed by atoms with van der Waals surface area (Å²) in [5.74, 6) is -0.597. The van der Waals surface area contributed by atoms with Gasteiger partial charge in [0.1, 0.15) is 19.3 Å². The van der Waals surface area contributed by atoms with E-state index in [1.54, 1.807) is 0 Å². The number of aliphatic hydroxyl groups excluding tert-OH is 1. The normalized spacial score (nSPS) is 13.9. The van der Waals surface area contributed by atoms with Crippen LogP contribution in [0.2, 0.25) is 0 Å². The van der Waals surface area contributed by atoms with E-state index in [-0.39, 0.29) is 25.7 Å². The molecule has 0 aliphatic carbocycles. The molecule has 103 heavy (non-hydrogen) atoms. The van der Waals surface area contributed by atoms with Crippen molar-refractivity contribution >= 4 is 39.5 Å². The van der Waals surface area contributed by atoms with Gasteiger partial charge in [-0.15, -0.1) is 0 Å². The fourth-order valence-electron chi connectivity index (χ4n) is 13.1. The van der Waals surface area contributed by atoms with Gasteiger partial charge in [-0.05, 0) is 37.5 Å². The van der Waals surface area contributed by atoms with Gasteiger partial charge in [0.2, 0.25) is 0 Å². The van der Waals surface area contributed by atoms with Crippen LogP contribution in [0.1, 0.15) is 446 Å². The summed E-state index contributed by atoms with van der Waals surface area (Å²) >= 11 is 0. The molecule has 0 aromatic carbocycles. The Morgan fingerprint density at radius 3 is 0.660 bits per heavy atom. The molecule has 0 rings (SSSR count). The molecule has 0 spiro atoms. The van der Waals surface area contributed by atoms with Gasteiger partial charge in [0, 0.05) is 25.7 Å². The molecule has 0 aromatic heterocycles. The molecule has 19 heteroatoms. The Kier molecular flexibility index (Phi) is 74.1. The maximum atomic E-state index is 13.1. The van der Waals surface area contributed by atoms with E-state index in [4.69, 9.17) is 37.0 Å². The molecule has 0 heterocycles. The third-order valence-corrected chi connectivity index (χ3v) is 21.6. The number of hydrogen-bond donors (Lipinski definition) is 3. The van der Waals surface area contributed by atoms with Gasteiger partial charge < -0.3 is 33.8 Å². The first kappa shape index (κ1) is 101. The van der Waals surface area contributed by atoms with Crippen LogP contribution >= 0.6 is 15.6 Å². The first-order valence-corrected chi connectivity index (χ1v) is 46.5. The average Bonchev–Trinajstić information content (AvgIpc) is 0.946. The van der Waals surface area contributed by atoms with Crippen LogP contribution in [-0.4, -0.2) is 96.7 Å². The van der Waals surface area contributed by atoms with E-state index in [9.17, 15) is 43.2 Å². The molecule has 0 fully saturated rings. The third kappa shape index (κ3) is 78.0. The Balaban J connectivity index is 5.23. The summed E-state index contributed by atoms with van der Waals surface area (Å²) in [6, 6.07) is 0. The molecule has 0 amide bonds. The summed E-state index contributed by atoms with van der Waals surface area (Å²) < 4.78 is 68.8. The zero-order valence-corrected chi connectivity index (χ0v) is 69.4. The van der Waals surface area contributed by atoms with Gasteiger partial charge in [-0.25, -0.2) is 9.13 Å². The molecule has 612 valence electrons. The van der Waals surface area contributed by atoms with E-state index in [1.165, 1.54) is 257 Å². The quantitative estimate of drug-likeness (QED) is 0.0222. The Labute approximate surface area is 632 Å². The van der Waals surface area contributed by atoms with Gasteiger partial charge in [-0.1, -0.05) is 395 Å². The predicted molar refractivity (Wildman–Crippen MR) is 423 cm³/mol. The van der Waals surface area contributed by atoms with Crippen molar-refractivity contribution in [3.63, 3.8) is 0 Å². The maximum Gasteiger partial charge on any atom is 0.472 e. The highest BCUT2D eigenvalue weighted by molar-refractivity contribution is 7.47. The standard InChI is InChI=1S/C84H164O17P2/c1-7-9-11-13-15-17-19-21-23-25-27-30-34-38-42-48-54-60-66-81(86)94-72-79(100-83(88)68-63-57-50-44-40-36-32-28-29-33-37-41-46-52-58-64-76(3)4)74-98-102(90,91)96-70-78(85)71-97-103(92,93)99-75-80(73-95-82(87)67-61-55-51-45-47-53-59-65-77(5)6)101-84(89)69-62-56-49-43-39-35-31-26-24-22-20-18-16-14-12-10-8-2/h76-80,85H,7-75H2,1-6H3,(H,90,91)(H,92,93)/t78-,79-,80-/m1/s1. The summed E-state index contributed by atoms with van der Waals surface area (Å²) in [6.45, 7) is 9.63. The maximum absolute atomic E-state index is 13.1. The summed E-state index contributed by atoms with van der Waals surface area (Å²) in [7, 11) is -9.92. The van der Waals surface area contributed by atoms with Gasteiger partial charge in [-0.2, -0.15) is 0 Å². The van der Waals surface area contributed by atoms with Gasteiger partial charge in [0.25, 0.3) is 0 Å². The molecular weight excluding hydrogens is 1340 g/mol. The van der Waals surface area contributed by atoms with E-state index in [0.717, 1.165) is 102 Å². The minimum absolute atomic E-state index is 0.108. The van der Waals surface area contributed by atoms with Crippen LogP contribution in [-0.2, 0) is 65.4 Å². The monoisotopic (exact) mass is 1510 g/mol. The van der Waals surface area contributed by atoms with Crippen LogP contribution in [0.3, 0.4) is 0 Å². The lowest BCUT2D eigenvalue weighted by Crippen LogP contribution is -2.30. The van der Waals surface area contributed by atoms with Crippen LogP contribution in [0, 0.1) is 11.8 Å². The lowest BCUT2D eigenvalue weighted by molar-refractivity contribution is -0.161. The Morgan fingerprint density at radius 2 is 0.447 bits per heavy atom. The minimum atomic E-state index is -4.96. The van der Waals surface area contributed by atoms with Gasteiger partial charge in [-0.3, -0.25) is 37.3 Å². The average molecular weight is 1510 g/mol. The van der Waals surface area contributed by atoms with Crippen molar-refractivity contribution in [2.75, 3.05) is 39.6 Å². The molecule has 0 aromatic rings. The van der Waals surface area contributed by atoms with Crippen molar-refractivity contribution in [3.05, 3.63) is 0 Å². The zero-order valence-electron chi connectivity index (χ0n) is 67.6. The van der Waals surface area contributed by atoms with Crippen molar-refractivity contribution < 1.29 is 80.2 Å². The highest BCUT2D eigenvalue weighted by Crippen LogP contribution is 2.45. The number of aliphatic hydroxyl groups is 1. The number of rotatable bonds is 83. The second kappa shape index (κ2) is 75.5. The van der Waals surface area contributed by atoms with Crippen LogP contribution in [0.4, 0.5) is 0 Å². The van der Waals surface area contributed by atoms with Crippen LogP contribution in [0.25, 0.3) is 0 Å².